The molecule has 6 nitrogen and oxygen atoms in total. The quantitative estimate of drug-likeness (QED) is 0.397. The highest BCUT2D eigenvalue weighted by atomic mass is 32.2. The van der Waals surface area contributed by atoms with Gasteiger partial charge in [-0.25, -0.2) is 0 Å². The van der Waals surface area contributed by atoms with Gasteiger partial charge in [-0.1, -0.05) is 12.1 Å². The molecule has 0 bridgehead atoms. The Hall–Kier alpha value is -2.45. The second kappa shape index (κ2) is 9.88. The van der Waals surface area contributed by atoms with E-state index in [9.17, 15) is 4.79 Å². The third-order valence-corrected chi connectivity index (χ3v) is 4.39. The Labute approximate surface area is 162 Å². The number of nitrogens with one attached hydrogen (secondary N) is 3. The van der Waals surface area contributed by atoms with Gasteiger partial charge in [0.15, 0.2) is 16.6 Å². The fourth-order valence-electron chi connectivity index (χ4n) is 2.21. The Bertz CT molecular complexity index is 784. The van der Waals surface area contributed by atoms with Gasteiger partial charge in [0.25, 0.3) is 0 Å². The Morgan fingerprint density at radius 2 is 1.85 bits per heavy atom. The number of thioether (sulfide) groups is 1. The van der Waals surface area contributed by atoms with Crippen LogP contribution in [0.2, 0.25) is 0 Å². The number of anilines is 1. The SMILES string of the molecule is COc1ccc(CC(=O)NNC(=S)Nc2cccc(SC)c2)cc1OC. The number of amides is 1. The van der Waals surface area contributed by atoms with Crippen molar-refractivity contribution in [1.29, 1.82) is 0 Å². The van der Waals surface area contributed by atoms with Crippen molar-refractivity contribution in [2.45, 2.75) is 11.3 Å². The van der Waals surface area contributed by atoms with E-state index in [0.29, 0.717) is 16.6 Å². The zero-order valence-electron chi connectivity index (χ0n) is 14.8. The van der Waals surface area contributed by atoms with E-state index in [1.807, 2.05) is 36.6 Å². The molecule has 2 aromatic carbocycles. The standard InChI is InChI=1S/C18H21N3O3S2/c1-23-15-8-7-12(9-16(15)24-2)10-17(22)20-21-18(25)19-13-5-4-6-14(11-13)26-3/h4-9,11H,10H2,1-3H3,(H,20,22)(H2,19,21,25). The van der Waals surface area contributed by atoms with Gasteiger partial charge < -0.3 is 14.8 Å². The number of ether oxygens (including phenoxy) is 2. The predicted octanol–water partition coefficient (Wildman–Crippen LogP) is 2.99. The first-order chi connectivity index (χ1) is 12.5. The van der Waals surface area contributed by atoms with Crippen molar-refractivity contribution in [1.82, 2.24) is 10.9 Å². The number of carbonyl (C=O) groups excluding carboxylic acids is 1. The number of carbonyl (C=O) groups is 1. The maximum Gasteiger partial charge on any atom is 0.242 e. The summed E-state index contributed by atoms with van der Waals surface area (Å²) in [5, 5.41) is 3.33. The van der Waals surface area contributed by atoms with Crippen LogP contribution in [0, 0.1) is 0 Å². The molecule has 2 rings (SSSR count). The molecule has 0 aliphatic heterocycles. The first-order valence-electron chi connectivity index (χ1n) is 7.76. The zero-order chi connectivity index (χ0) is 18.9. The number of benzene rings is 2. The van der Waals surface area contributed by atoms with E-state index in [1.54, 1.807) is 38.1 Å². The lowest BCUT2D eigenvalue weighted by atomic mass is 10.1. The second-order valence-electron chi connectivity index (χ2n) is 5.23. The average Bonchev–Trinajstić information content (AvgIpc) is 2.66. The molecule has 2 aromatic rings. The summed E-state index contributed by atoms with van der Waals surface area (Å²) < 4.78 is 10.4. The number of methoxy groups -OCH3 is 2. The Kier molecular flexibility index (Phi) is 7.55. The molecular weight excluding hydrogens is 370 g/mol. The molecular formula is C18H21N3O3S2. The summed E-state index contributed by atoms with van der Waals surface area (Å²) in [4.78, 5) is 13.2. The molecule has 0 heterocycles. The molecule has 26 heavy (non-hydrogen) atoms. The number of hydrogen-bond acceptors (Lipinski definition) is 5. The van der Waals surface area contributed by atoms with Gasteiger partial charge >= 0.3 is 0 Å². The third-order valence-electron chi connectivity index (χ3n) is 3.46. The minimum Gasteiger partial charge on any atom is -0.493 e. The molecule has 0 saturated carbocycles. The highest BCUT2D eigenvalue weighted by Gasteiger charge is 2.09. The normalized spacial score (nSPS) is 9.96. The zero-order valence-corrected chi connectivity index (χ0v) is 16.4. The Balaban J connectivity index is 1.85. The number of hydrogen-bond donors (Lipinski definition) is 3. The Morgan fingerprint density at radius 3 is 2.54 bits per heavy atom. The van der Waals surface area contributed by atoms with Crippen LogP contribution in [-0.4, -0.2) is 31.5 Å². The van der Waals surface area contributed by atoms with Crippen LogP contribution in [-0.2, 0) is 11.2 Å². The summed E-state index contributed by atoms with van der Waals surface area (Å²) >= 11 is 6.83. The van der Waals surface area contributed by atoms with E-state index >= 15 is 0 Å². The summed E-state index contributed by atoms with van der Waals surface area (Å²) in [5.41, 5.74) is 6.92. The summed E-state index contributed by atoms with van der Waals surface area (Å²) in [6, 6.07) is 13.2. The van der Waals surface area contributed by atoms with Crippen LogP contribution in [0.3, 0.4) is 0 Å². The van der Waals surface area contributed by atoms with E-state index in [0.717, 1.165) is 16.1 Å². The van der Waals surface area contributed by atoms with Crippen LogP contribution in [0.25, 0.3) is 0 Å². The molecule has 0 aromatic heterocycles. The first kappa shape index (κ1) is 19.9. The summed E-state index contributed by atoms with van der Waals surface area (Å²) in [6.07, 6.45) is 2.18. The molecule has 0 radical (unpaired) electrons. The monoisotopic (exact) mass is 391 g/mol. The van der Waals surface area contributed by atoms with Crippen LogP contribution >= 0.6 is 24.0 Å². The van der Waals surface area contributed by atoms with Gasteiger partial charge in [-0.15, -0.1) is 11.8 Å². The lowest BCUT2D eigenvalue weighted by Gasteiger charge is -2.13. The second-order valence-corrected chi connectivity index (χ2v) is 6.51. The first-order valence-corrected chi connectivity index (χ1v) is 9.39. The van der Waals surface area contributed by atoms with Gasteiger partial charge in [0, 0.05) is 10.6 Å². The van der Waals surface area contributed by atoms with Crippen molar-refractivity contribution in [2.24, 2.45) is 0 Å². The van der Waals surface area contributed by atoms with Gasteiger partial charge in [0.2, 0.25) is 5.91 Å². The van der Waals surface area contributed by atoms with Gasteiger partial charge in [0.05, 0.1) is 20.6 Å². The molecule has 0 spiro atoms. The smallest absolute Gasteiger partial charge is 0.242 e. The van der Waals surface area contributed by atoms with Crippen molar-refractivity contribution in [2.75, 3.05) is 25.8 Å². The van der Waals surface area contributed by atoms with E-state index in [-0.39, 0.29) is 12.3 Å². The van der Waals surface area contributed by atoms with Crippen molar-refractivity contribution >= 4 is 40.7 Å². The fraction of sp³-hybridized carbons (Fsp3) is 0.222. The molecule has 3 N–H and O–H groups in total. The van der Waals surface area contributed by atoms with Crippen LogP contribution in [0.5, 0.6) is 11.5 Å². The topological polar surface area (TPSA) is 71.6 Å². The molecule has 0 atom stereocenters. The van der Waals surface area contributed by atoms with Crippen LogP contribution in [0.1, 0.15) is 5.56 Å². The van der Waals surface area contributed by atoms with E-state index in [2.05, 4.69) is 16.2 Å². The molecule has 0 aliphatic rings. The third kappa shape index (κ3) is 5.82. The fourth-order valence-corrected chi connectivity index (χ4v) is 2.84. The minimum absolute atomic E-state index is 0.178. The highest BCUT2D eigenvalue weighted by Crippen LogP contribution is 2.27. The maximum atomic E-state index is 12.1. The molecule has 0 fully saturated rings. The van der Waals surface area contributed by atoms with Crippen LogP contribution in [0.4, 0.5) is 5.69 Å². The lowest BCUT2D eigenvalue weighted by Crippen LogP contribution is -2.44. The van der Waals surface area contributed by atoms with Crippen molar-refractivity contribution in [3.63, 3.8) is 0 Å². The van der Waals surface area contributed by atoms with Crippen molar-refractivity contribution < 1.29 is 14.3 Å². The van der Waals surface area contributed by atoms with Crippen LogP contribution < -0.4 is 25.6 Å². The number of rotatable bonds is 6. The largest absolute Gasteiger partial charge is 0.493 e. The van der Waals surface area contributed by atoms with Gasteiger partial charge in [0.1, 0.15) is 0 Å². The van der Waals surface area contributed by atoms with Gasteiger partial charge in [-0.05, 0) is 54.4 Å². The number of thiocarbonyl (C=S) groups is 1. The Morgan fingerprint density at radius 1 is 1.08 bits per heavy atom. The molecule has 138 valence electrons. The van der Waals surface area contributed by atoms with E-state index in [4.69, 9.17) is 21.7 Å². The average molecular weight is 392 g/mol. The summed E-state index contributed by atoms with van der Waals surface area (Å²) in [5.74, 6) is 0.975. The van der Waals surface area contributed by atoms with Crippen molar-refractivity contribution in [3.05, 3.63) is 48.0 Å². The molecule has 0 unspecified atom stereocenters. The highest BCUT2D eigenvalue weighted by molar-refractivity contribution is 7.98. The van der Waals surface area contributed by atoms with E-state index < -0.39 is 0 Å². The summed E-state index contributed by atoms with van der Waals surface area (Å²) in [7, 11) is 3.12. The van der Waals surface area contributed by atoms with Gasteiger partial charge in [-0.3, -0.25) is 15.6 Å². The number of hydrazine groups is 1. The molecule has 8 heteroatoms. The minimum atomic E-state index is -0.223. The van der Waals surface area contributed by atoms with Crippen LogP contribution in [0.15, 0.2) is 47.4 Å². The molecule has 1 amide bonds. The molecule has 0 saturated heterocycles. The summed E-state index contributed by atoms with van der Waals surface area (Å²) in [6.45, 7) is 0. The molecule has 0 aliphatic carbocycles. The van der Waals surface area contributed by atoms with Gasteiger partial charge in [-0.2, -0.15) is 0 Å². The predicted molar refractivity (Wildman–Crippen MR) is 109 cm³/mol. The van der Waals surface area contributed by atoms with Crippen molar-refractivity contribution in [3.8, 4) is 11.5 Å². The lowest BCUT2D eigenvalue weighted by molar-refractivity contribution is -0.120. The maximum absolute atomic E-state index is 12.1. The van der Waals surface area contributed by atoms with E-state index in [1.165, 1.54) is 0 Å².